The summed E-state index contributed by atoms with van der Waals surface area (Å²) in [5, 5.41) is 10.2. The van der Waals surface area contributed by atoms with Gasteiger partial charge in [-0.2, -0.15) is 0 Å². The molecule has 0 aliphatic heterocycles. The van der Waals surface area contributed by atoms with Crippen LogP contribution in [0.5, 0.6) is 34.5 Å². The highest BCUT2D eigenvalue weighted by Gasteiger charge is 2.31. The summed E-state index contributed by atoms with van der Waals surface area (Å²) >= 11 is 0. The second-order valence-corrected chi connectivity index (χ2v) is 18.5. The average molecular weight is 908 g/mol. The van der Waals surface area contributed by atoms with E-state index in [2.05, 4.69) is 103 Å². The molecule has 0 bridgehead atoms. The maximum atomic E-state index is 7.10. The normalized spacial score (nSPS) is 11.9. The van der Waals surface area contributed by atoms with Gasteiger partial charge in [0, 0.05) is 32.5 Å². The lowest BCUT2D eigenvalue weighted by atomic mass is 9.84. The van der Waals surface area contributed by atoms with Crippen LogP contribution in [-0.2, 0) is 0 Å². The van der Waals surface area contributed by atoms with Crippen LogP contribution in [-0.4, -0.2) is 45.1 Å². The van der Waals surface area contributed by atoms with Gasteiger partial charge in [-0.05, 0) is 121 Å². The van der Waals surface area contributed by atoms with Crippen LogP contribution in [0, 0.1) is 13.8 Å². The second-order valence-electron chi connectivity index (χ2n) is 18.5. The molecule has 0 atom stereocenters. The van der Waals surface area contributed by atoms with Gasteiger partial charge in [-0.25, -0.2) is 4.98 Å². The Kier molecular flexibility index (Phi) is 16.0. The standard InChI is InChI=1S/C59H73NO7/c1-9-14-19-28-62-47-34-41-43-37-49(64-30-21-16-11-3)56(65-31-22-17-12-4)52-42-33-39(7)46(61-8)35-45(42)53-54(50(43)52)51(44(41)36-48(47)63-29-20-15-10-2)55-58(57(53)66-32-23-18-13-5)67-59(60-55)40-26-24-38(6)25-27-40/h24-27,33-37H,9-23,28-32H2,1-8H3. The van der Waals surface area contributed by atoms with E-state index >= 15 is 0 Å². The first kappa shape index (κ1) is 47.8. The molecule has 7 aromatic carbocycles. The zero-order valence-corrected chi connectivity index (χ0v) is 41.6. The third kappa shape index (κ3) is 9.87. The number of nitrogens with zero attached hydrogens (tertiary/aromatic N) is 1. The summed E-state index contributed by atoms with van der Waals surface area (Å²) in [4.78, 5) is 5.48. The van der Waals surface area contributed by atoms with E-state index in [1.807, 2.05) is 0 Å². The van der Waals surface area contributed by atoms with Crippen molar-refractivity contribution in [1.82, 2.24) is 4.98 Å². The van der Waals surface area contributed by atoms with E-state index in [-0.39, 0.29) is 0 Å². The highest BCUT2D eigenvalue weighted by atomic mass is 16.5. The summed E-state index contributed by atoms with van der Waals surface area (Å²) < 4.78 is 47.8. The number of benzene rings is 7. The first-order chi connectivity index (χ1) is 32.9. The van der Waals surface area contributed by atoms with E-state index in [0.29, 0.717) is 50.3 Å². The summed E-state index contributed by atoms with van der Waals surface area (Å²) in [6, 6.07) is 19.5. The van der Waals surface area contributed by atoms with Gasteiger partial charge in [0.25, 0.3) is 0 Å². The first-order valence-corrected chi connectivity index (χ1v) is 25.7. The van der Waals surface area contributed by atoms with E-state index in [1.165, 1.54) is 5.56 Å². The number of aryl methyl sites for hydroxylation is 2. The van der Waals surface area contributed by atoms with Gasteiger partial charge in [0.15, 0.2) is 34.3 Å². The highest BCUT2D eigenvalue weighted by molar-refractivity contribution is 6.45. The lowest BCUT2D eigenvalue weighted by molar-refractivity contribution is 0.260. The van der Waals surface area contributed by atoms with E-state index < -0.39 is 0 Å². The molecule has 8 rings (SSSR count). The Balaban J connectivity index is 1.60. The zero-order chi connectivity index (χ0) is 46.9. The molecular formula is C59H73NO7. The maximum absolute atomic E-state index is 7.10. The molecule has 1 aromatic heterocycles. The number of hydrogen-bond donors (Lipinski definition) is 0. The van der Waals surface area contributed by atoms with Crippen LogP contribution >= 0.6 is 0 Å². The molecule has 0 N–H and O–H groups in total. The van der Waals surface area contributed by atoms with Gasteiger partial charge in [0.1, 0.15) is 11.3 Å². The van der Waals surface area contributed by atoms with Crippen molar-refractivity contribution in [3.05, 3.63) is 65.7 Å². The van der Waals surface area contributed by atoms with Gasteiger partial charge in [0.05, 0.1) is 40.1 Å². The van der Waals surface area contributed by atoms with Crippen molar-refractivity contribution in [2.45, 2.75) is 145 Å². The fourth-order valence-electron chi connectivity index (χ4n) is 9.65. The van der Waals surface area contributed by atoms with Crippen molar-refractivity contribution in [2.24, 2.45) is 0 Å². The SMILES string of the molecule is CCCCCOc1cc2c(cc1OCCCCC)c1c3nc(-c4ccc(C)cc4)oc3c(OCCCCC)c3c4cc(OC)c(C)cc4c4c(OCCCCC)c(OCCCCC)cc2c4c31. The number of unbranched alkanes of at least 4 members (excludes halogenated alkanes) is 10. The first-order valence-electron chi connectivity index (χ1n) is 25.7. The van der Waals surface area contributed by atoms with Gasteiger partial charge in [-0.1, -0.05) is 117 Å². The Morgan fingerprint density at radius 2 is 0.881 bits per heavy atom. The third-order valence-corrected chi connectivity index (χ3v) is 13.3. The largest absolute Gasteiger partial charge is 0.496 e. The lowest BCUT2D eigenvalue weighted by Crippen LogP contribution is -2.06. The fraction of sp³-hybridized carbons (Fsp3) is 0.475. The van der Waals surface area contributed by atoms with Gasteiger partial charge < -0.3 is 32.8 Å². The number of ether oxygens (including phenoxy) is 6. The Bertz CT molecular complexity index is 2910. The quantitative estimate of drug-likeness (QED) is 0.0287. The smallest absolute Gasteiger partial charge is 0.227 e. The number of fused-ring (bicyclic) bond motifs is 8. The Morgan fingerprint density at radius 1 is 0.433 bits per heavy atom. The predicted octanol–water partition coefficient (Wildman–Crippen LogP) is 17.2. The Labute approximate surface area is 397 Å². The molecule has 0 radical (unpaired) electrons. The molecule has 8 nitrogen and oxygen atoms in total. The van der Waals surface area contributed by atoms with Crippen LogP contribution in [0.2, 0.25) is 0 Å². The van der Waals surface area contributed by atoms with Gasteiger partial charge >= 0.3 is 0 Å². The summed E-state index contributed by atoms with van der Waals surface area (Å²) in [6.45, 7) is 18.3. The fourth-order valence-corrected chi connectivity index (χ4v) is 9.65. The molecular weight excluding hydrogens is 835 g/mol. The number of methoxy groups -OCH3 is 1. The molecule has 0 fully saturated rings. The number of oxazole rings is 1. The van der Waals surface area contributed by atoms with Gasteiger partial charge in [0.2, 0.25) is 5.89 Å². The van der Waals surface area contributed by atoms with Crippen molar-refractivity contribution < 1.29 is 32.8 Å². The summed E-state index contributed by atoms with van der Waals surface area (Å²) in [5.41, 5.74) is 4.48. The van der Waals surface area contributed by atoms with Crippen LogP contribution in [0.3, 0.4) is 0 Å². The minimum Gasteiger partial charge on any atom is -0.496 e. The minimum absolute atomic E-state index is 0.536. The molecule has 0 saturated carbocycles. The zero-order valence-electron chi connectivity index (χ0n) is 41.6. The molecule has 0 amide bonds. The number of hydrogen-bond acceptors (Lipinski definition) is 8. The molecule has 67 heavy (non-hydrogen) atoms. The molecule has 0 saturated heterocycles. The Hall–Kier alpha value is -5.63. The van der Waals surface area contributed by atoms with E-state index in [9.17, 15) is 0 Å². The summed E-state index contributed by atoms with van der Waals surface area (Å²) in [7, 11) is 1.75. The van der Waals surface area contributed by atoms with Crippen molar-refractivity contribution >= 4 is 65.0 Å². The van der Waals surface area contributed by atoms with Crippen molar-refractivity contribution in [3.63, 3.8) is 0 Å². The monoisotopic (exact) mass is 908 g/mol. The second kappa shape index (κ2) is 22.4. The maximum Gasteiger partial charge on any atom is 0.227 e. The summed E-state index contributed by atoms with van der Waals surface area (Å²) in [5.74, 6) is 5.05. The molecule has 0 aliphatic carbocycles. The molecule has 0 unspecified atom stereocenters. The third-order valence-electron chi connectivity index (χ3n) is 13.3. The van der Waals surface area contributed by atoms with E-state index in [0.717, 1.165) is 196 Å². The summed E-state index contributed by atoms with van der Waals surface area (Å²) in [6.07, 6.45) is 15.7. The minimum atomic E-state index is 0.536. The molecule has 8 heteroatoms. The van der Waals surface area contributed by atoms with Crippen LogP contribution in [0.1, 0.15) is 142 Å². The average Bonchev–Trinajstić information content (AvgIpc) is 3.78. The lowest BCUT2D eigenvalue weighted by Gasteiger charge is -2.25. The van der Waals surface area contributed by atoms with Gasteiger partial charge in [-0.15, -0.1) is 0 Å². The predicted molar refractivity (Wildman–Crippen MR) is 279 cm³/mol. The molecule has 8 aromatic rings. The van der Waals surface area contributed by atoms with E-state index in [1.54, 1.807) is 7.11 Å². The van der Waals surface area contributed by atoms with Crippen LogP contribution in [0.15, 0.2) is 59.0 Å². The van der Waals surface area contributed by atoms with Gasteiger partial charge in [-0.3, -0.25) is 0 Å². The molecule has 1 heterocycles. The van der Waals surface area contributed by atoms with Crippen LogP contribution in [0.4, 0.5) is 0 Å². The molecule has 356 valence electrons. The van der Waals surface area contributed by atoms with Crippen molar-refractivity contribution in [2.75, 3.05) is 40.1 Å². The van der Waals surface area contributed by atoms with E-state index in [4.69, 9.17) is 37.8 Å². The number of rotatable bonds is 27. The Morgan fingerprint density at radius 3 is 1.45 bits per heavy atom. The van der Waals surface area contributed by atoms with Crippen LogP contribution in [0.25, 0.3) is 76.4 Å². The van der Waals surface area contributed by atoms with Crippen molar-refractivity contribution in [3.8, 4) is 46.0 Å². The molecule has 0 spiro atoms. The van der Waals surface area contributed by atoms with Crippen LogP contribution < -0.4 is 28.4 Å². The topological polar surface area (TPSA) is 81.4 Å². The number of aromatic nitrogens is 1. The highest BCUT2D eigenvalue weighted by Crippen LogP contribution is 2.57. The molecule has 0 aliphatic rings. The van der Waals surface area contributed by atoms with Crippen molar-refractivity contribution in [1.29, 1.82) is 0 Å².